The Morgan fingerprint density at radius 3 is 2.63 bits per heavy atom. The van der Waals surface area contributed by atoms with E-state index in [9.17, 15) is 4.79 Å². The zero-order valence-electron chi connectivity index (χ0n) is 17.3. The van der Waals surface area contributed by atoms with Crippen LogP contribution in [0.3, 0.4) is 0 Å². The van der Waals surface area contributed by atoms with Crippen LogP contribution in [0.15, 0.2) is 10.7 Å². The van der Waals surface area contributed by atoms with Crippen LogP contribution in [-0.2, 0) is 4.79 Å². The van der Waals surface area contributed by atoms with E-state index in [2.05, 4.69) is 30.9 Å². The molecule has 0 aliphatic carbocycles. The Bertz CT molecular complexity index is 835. The molecular formula is C21H30N4O2. The Kier molecular flexibility index (Phi) is 5.36. The molecule has 1 aliphatic rings. The van der Waals surface area contributed by atoms with Crippen molar-refractivity contribution in [2.75, 3.05) is 6.54 Å². The quantitative estimate of drug-likeness (QED) is 0.793. The van der Waals surface area contributed by atoms with Gasteiger partial charge < -0.3 is 9.42 Å². The zero-order valence-corrected chi connectivity index (χ0v) is 17.3. The predicted molar refractivity (Wildman–Crippen MR) is 104 cm³/mol. The number of hydrogen-bond acceptors (Lipinski definition) is 5. The zero-order chi connectivity index (χ0) is 19.8. The lowest BCUT2D eigenvalue weighted by Gasteiger charge is -2.37. The van der Waals surface area contributed by atoms with E-state index in [-0.39, 0.29) is 17.4 Å². The van der Waals surface area contributed by atoms with Crippen molar-refractivity contribution < 1.29 is 9.32 Å². The fourth-order valence-electron chi connectivity index (χ4n) is 3.65. The second-order valence-electron chi connectivity index (χ2n) is 8.77. The van der Waals surface area contributed by atoms with Gasteiger partial charge >= 0.3 is 0 Å². The summed E-state index contributed by atoms with van der Waals surface area (Å²) in [6.07, 6.45) is 5.37. The first kappa shape index (κ1) is 19.5. The largest absolute Gasteiger partial charge is 0.356 e. The molecule has 1 fully saturated rings. The molecule has 2 aromatic heterocycles. The van der Waals surface area contributed by atoms with Gasteiger partial charge in [-0.05, 0) is 45.4 Å². The molecule has 6 heteroatoms. The van der Waals surface area contributed by atoms with Crippen molar-refractivity contribution >= 4 is 5.91 Å². The molecule has 3 rings (SSSR count). The number of aryl methyl sites for hydroxylation is 2. The number of rotatable bonds is 3. The third-order valence-electron chi connectivity index (χ3n) is 5.16. The van der Waals surface area contributed by atoms with E-state index in [0.717, 1.165) is 48.3 Å². The van der Waals surface area contributed by atoms with Crippen molar-refractivity contribution in [3.63, 3.8) is 0 Å². The summed E-state index contributed by atoms with van der Waals surface area (Å²) >= 11 is 0. The van der Waals surface area contributed by atoms with Crippen LogP contribution >= 0.6 is 0 Å². The predicted octanol–water partition coefficient (Wildman–Crippen LogP) is 4.55. The third-order valence-corrected chi connectivity index (χ3v) is 5.16. The van der Waals surface area contributed by atoms with Crippen molar-refractivity contribution in [2.24, 2.45) is 5.41 Å². The summed E-state index contributed by atoms with van der Waals surface area (Å²) in [5.41, 5.74) is 3.54. The highest BCUT2D eigenvalue weighted by Gasteiger charge is 2.33. The lowest BCUT2D eigenvalue weighted by molar-refractivity contribution is -0.137. The van der Waals surface area contributed by atoms with Gasteiger partial charge in [-0.25, -0.2) is 9.97 Å². The summed E-state index contributed by atoms with van der Waals surface area (Å²) in [6, 6.07) is -0.0462. The molecule has 0 radical (unpaired) electrons. The summed E-state index contributed by atoms with van der Waals surface area (Å²) in [5, 5.41) is 4.09. The molecular weight excluding hydrogens is 340 g/mol. The SMILES string of the molecule is Cc1ncc(-c2onc(C)c2C)c([C@@H]2CCCCN2C(=O)CC(C)(C)C)n1. The Hall–Kier alpha value is -2.24. The Morgan fingerprint density at radius 2 is 2.00 bits per heavy atom. The first-order chi connectivity index (χ1) is 12.7. The molecule has 1 atom stereocenters. The lowest BCUT2D eigenvalue weighted by Crippen LogP contribution is -2.40. The molecule has 3 heterocycles. The topological polar surface area (TPSA) is 72.1 Å². The monoisotopic (exact) mass is 370 g/mol. The van der Waals surface area contributed by atoms with Gasteiger partial charge in [-0.1, -0.05) is 25.9 Å². The number of aromatic nitrogens is 3. The van der Waals surface area contributed by atoms with E-state index in [4.69, 9.17) is 9.51 Å². The Morgan fingerprint density at radius 1 is 1.26 bits per heavy atom. The molecule has 27 heavy (non-hydrogen) atoms. The molecule has 0 saturated carbocycles. The minimum Gasteiger partial charge on any atom is -0.356 e. The first-order valence-corrected chi connectivity index (χ1v) is 9.73. The van der Waals surface area contributed by atoms with Crippen molar-refractivity contribution in [2.45, 2.75) is 73.3 Å². The molecule has 0 N–H and O–H groups in total. The normalized spacial score (nSPS) is 18.0. The number of carbonyl (C=O) groups excluding carboxylic acids is 1. The Balaban J connectivity index is 2.04. The van der Waals surface area contributed by atoms with E-state index >= 15 is 0 Å². The number of piperidine rings is 1. The third kappa shape index (κ3) is 4.20. The van der Waals surface area contributed by atoms with E-state index in [1.807, 2.05) is 31.9 Å². The highest BCUT2D eigenvalue weighted by Crippen LogP contribution is 2.38. The minimum atomic E-state index is -0.0462. The van der Waals surface area contributed by atoms with Gasteiger partial charge in [0.25, 0.3) is 0 Å². The fraction of sp³-hybridized carbons (Fsp3) is 0.619. The molecule has 1 saturated heterocycles. The van der Waals surface area contributed by atoms with Crippen molar-refractivity contribution in [3.05, 3.63) is 29.0 Å². The summed E-state index contributed by atoms with van der Waals surface area (Å²) in [6.45, 7) is 12.9. The maximum Gasteiger partial charge on any atom is 0.223 e. The maximum absolute atomic E-state index is 13.0. The average Bonchev–Trinajstić information content (AvgIpc) is 2.92. The van der Waals surface area contributed by atoms with Crippen molar-refractivity contribution in [1.29, 1.82) is 0 Å². The molecule has 2 aromatic rings. The average molecular weight is 370 g/mol. The number of nitrogens with zero attached hydrogens (tertiary/aromatic N) is 4. The number of likely N-dealkylation sites (tertiary alicyclic amines) is 1. The van der Waals surface area contributed by atoms with Gasteiger partial charge in [-0.3, -0.25) is 4.79 Å². The smallest absolute Gasteiger partial charge is 0.223 e. The number of carbonyl (C=O) groups is 1. The van der Waals surface area contributed by atoms with Crippen LogP contribution in [0.2, 0.25) is 0 Å². The van der Waals surface area contributed by atoms with E-state index in [1.165, 1.54) is 0 Å². The van der Waals surface area contributed by atoms with Crippen LogP contribution in [0.25, 0.3) is 11.3 Å². The van der Waals surface area contributed by atoms with Crippen LogP contribution in [0.4, 0.5) is 0 Å². The second-order valence-corrected chi connectivity index (χ2v) is 8.77. The van der Waals surface area contributed by atoms with E-state index in [0.29, 0.717) is 18.0 Å². The summed E-state index contributed by atoms with van der Waals surface area (Å²) in [5.74, 6) is 1.60. The van der Waals surface area contributed by atoms with Crippen molar-refractivity contribution in [1.82, 2.24) is 20.0 Å². The second kappa shape index (κ2) is 7.41. The molecule has 1 amide bonds. The van der Waals surface area contributed by atoms with Gasteiger partial charge in [0, 0.05) is 24.7 Å². The van der Waals surface area contributed by atoms with Crippen LogP contribution < -0.4 is 0 Å². The van der Waals surface area contributed by atoms with Crippen LogP contribution in [-0.4, -0.2) is 32.5 Å². The van der Waals surface area contributed by atoms with Gasteiger partial charge in [0.05, 0.1) is 23.0 Å². The van der Waals surface area contributed by atoms with Crippen LogP contribution in [0.5, 0.6) is 0 Å². The molecule has 0 spiro atoms. The summed E-state index contributed by atoms with van der Waals surface area (Å²) in [7, 11) is 0. The molecule has 0 unspecified atom stereocenters. The van der Waals surface area contributed by atoms with Gasteiger partial charge in [0.15, 0.2) is 5.76 Å². The lowest BCUT2D eigenvalue weighted by atomic mass is 9.89. The molecule has 146 valence electrons. The molecule has 1 aliphatic heterocycles. The van der Waals surface area contributed by atoms with Gasteiger partial charge in [-0.2, -0.15) is 0 Å². The standard InChI is InChI=1S/C21H30N4O2/c1-13-14(2)24-27-20(13)16-12-22-15(3)23-19(16)17-9-7-8-10-25(17)18(26)11-21(4,5)6/h12,17H,7-11H2,1-6H3/t17-/m0/s1. The molecule has 6 nitrogen and oxygen atoms in total. The van der Waals surface area contributed by atoms with E-state index < -0.39 is 0 Å². The van der Waals surface area contributed by atoms with Crippen molar-refractivity contribution in [3.8, 4) is 11.3 Å². The number of amides is 1. The Labute approximate surface area is 161 Å². The first-order valence-electron chi connectivity index (χ1n) is 9.73. The molecule has 0 bridgehead atoms. The van der Waals surface area contributed by atoms with Crippen LogP contribution in [0, 0.1) is 26.2 Å². The summed E-state index contributed by atoms with van der Waals surface area (Å²) < 4.78 is 5.60. The van der Waals surface area contributed by atoms with Gasteiger partial charge in [-0.15, -0.1) is 0 Å². The highest BCUT2D eigenvalue weighted by molar-refractivity contribution is 5.78. The summed E-state index contributed by atoms with van der Waals surface area (Å²) in [4.78, 5) is 24.2. The van der Waals surface area contributed by atoms with E-state index in [1.54, 1.807) is 0 Å². The van der Waals surface area contributed by atoms with Crippen LogP contribution in [0.1, 0.15) is 75.3 Å². The maximum atomic E-state index is 13.0. The van der Waals surface area contributed by atoms with Gasteiger partial charge in [0.1, 0.15) is 5.82 Å². The van der Waals surface area contributed by atoms with Gasteiger partial charge in [0.2, 0.25) is 5.91 Å². The highest BCUT2D eigenvalue weighted by atomic mass is 16.5. The molecule has 0 aromatic carbocycles. The minimum absolute atomic E-state index is 0.0396. The number of hydrogen-bond donors (Lipinski definition) is 0. The fourth-order valence-corrected chi connectivity index (χ4v) is 3.65.